The number of ether oxygens (including phenoxy) is 2. The van der Waals surface area contributed by atoms with Crippen molar-refractivity contribution in [1.82, 2.24) is 10.9 Å². The lowest BCUT2D eigenvalue weighted by molar-refractivity contribution is -0.146. The van der Waals surface area contributed by atoms with Crippen molar-refractivity contribution < 1.29 is 19.1 Å². The Morgan fingerprint density at radius 3 is 2.21 bits per heavy atom. The van der Waals surface area contributed by atoms with Gasteiger partial charge in [-0.3, -0.25) is 5.43 Å². The second-order valence-corrected chi connectivity index (χ2v) is 4.93. The first-order valence-electron chi connectivity index (χ1n) is 7.64. The van der Waals surface area contributed by atoms with Crippen LogP contribution in [0.25, 0.3) is 0 Å². The molecule has 0 fully saturated rings. The third kappa shape index (κ3) is 5.40. The summed E-state index contributed by atoms with van der Waals surface area (Å²) in [5, 5.41) is 0. The quantitative estimate of drug-likeness (QED) is 0.604. The number of carbonyl (C=O) groups is 2. The summed E-state index contributed by atoms with van der Waals surface area (Å²) in [7, 11) is 0. The Kier molecular flexibility index (Phi) is 6.79. The second kappa shape index (κ2) is 9.32. The Morgan fingerprint density at radius 2 is 1.58 bits per heavy atom. The van der Waals surface area contributed by atoms with Gasteiger partial charge in [-0.05, 0) is 18.1 Å². The van der Waals surface area contributed by atoms with Gasteiger partial charge >= 0.3 is 12.1 Å². The summed E-state index contributed by atoms with van der Waals surface area (Å²) in [5.74, 6) is -0.480. The number of carbonyl (C=O) groups excluding carboxylic acids is 2. The molecule has 2 aromatic carbocycles. The van der Waals surface area contributed by atoms with Crippen LogP contribution in [0.5, 0.6) is 0 Å². The van der Waals surface area contributed by atoms with Gasteiger partial charge in [-0.25, -0.2) is 15.0 Å². The second-order valence-electron chi connectivity index (χ2n) is 4.93. The molecule has 2 N–H and O–H groups in total. The van der Waals surface area contributed by atoms with Crippen LogP contribution in [-0.4, -0.2) is 18.7 Å². The fourth-order valence-electron chi connectivity index (χ4n) is 2.04. The predicted octanol–water partition coefficient (Wildman–Crippen LogP) is 2.72. The van der Waals surface area contributed by atoms with Crippen molar-refractivity contribution in [1.29, 1.82) is 0 Å². The van der Waals surface area contributed by atoms with Gasteiger partial charge in [0.05, 0.1) is 6.61 Å². The van der Waals surface area contributed by atoms with Crippen molar-refractivity contribution >= 4 is 12.1 Å². The molecule has 0 unspecified atom stereocenters. The highest BCUT2D eigenvalue weighted by atomic mass is 16.6. The van der Waals surface area contributed by atoms with E-state index in [1.165, 1.54) is 0 Å². The standard InChI is InChI=1S/C18H20N2O4/c1-2-23-17(21)16(15-11-7-4-8-12-15)19-20-18(22)24-13-14-9-5-3-6-10-14/h3-12,16,19H,2,13H2,1H3,(H,20,22)/t16-/m0/s1. The van der Waals surface area contributed by atoms with Gasteiger partial charge in [0.1, 0.15) is 12.6 Å². The normalized spacial score (nSPS) is 11.4. The van der Waals surface area contributed by atoms with Crippen molar-refractivity contribution in [3.8, 4) is 0 Å². The fraction of sp³-hybridized carbons (Fsp3) is 0.222. The van der Waals surface area contributed by atoms with E-state index in [1.807, 2.05) is 36.4 Å². The lowest BCUT2D eigenvalue weighted by Gasteiger charge is -2.18. The Bertz CT molecular complexity index is 647. The van der Waals surface area contributed by atoms with Crippen molar-refractivity contribution in [3.63, 3.8) is 0 Å². The van der Waals surface area contributed by atoms with Crippen LogP contribution in [0.2, 0.25) is 0 Å². The molecule has 0 bridgehead atoms. The van der Waals surface area contributed by atoms with Crippen LogP contribution in [0.3, 0.4) is 0 Å². The van der Waals surface area contributed by atoms with Crippen LogP contribution in [-0.2, 0) is 20.9 Å². The molecule has 0 heterocycles. The van der Waals surface area contributed by atoms with Gasteiger partial charge in [0.25, 0.3) is 0 Å². The molecule has 0 aliphatic heterocycles. The van der Waals surface area contributed by atoms with Crippen LogP contribution < -0.4 is 10.9 Å². The number of esters is 1. The van der Waals surface area contributed by atoms with Crippen molar-refractivity contribution in [3.05, 3.63) is 71.8 Å². The van der Waals surface area contributed by atoms with E-state index in [2.05, 4.69) is 10.9 Å². The summed E-state index contributed by atoms with van der Waals surface area (Å²) in [5.41, 5.74) is 6.59. The molecule has 0 aliphatic carbocycles. The van der Waals surface area contributed by atoms with Crippen molar-refractivity contribution in [2.45, 2.75) is 19.6 Å². The molecule has 2 aromatic rings. The van der Waals surface area contributed by atoms with E-state index >= 15 is 0 Å². The number of hydrogen-bond acceptors (Lipinski definition) is 5. The predicted molar refractivity (Wildman–Crippen MR) is 88.7 cm³/mol. The minimum atomic E-state index is -0.810. The molecule has 6 nitrogen and oxygen atoms in total. The van der Waals surface area contributed by atoms with Gasteiger partial charge in [0.15, 0.2) is 0 Å². The zero-order chi connectivity index (χ0) is 17.2. The van der Waals surface area contributed by atoms with E-state index in [4.69, 9.17) is 9.47 Å². The summed E-state index contributed by atoms with van der Waals surface area (Å²) < 4.78 is 10.1. The van der Waals surface area contributed by atoms with E-state index in [1.54, 1.807) is 31.2 Å². The van der Waals surface area contributed by atoms with E-state index in [9.17, 15) is 9.59 Å². The fourth-order valence-corrected chi connectivity index (χ4v) is 2.04. The third-order valence-corrected chi connectivity index (χ3v) is 3.19. The molecule has 24 heavy (non-hydrogen) atoms. The number of hydrazine groups is 1. The highest BCUT2D eigenvalue weighted by molar-refractivity contribution is 5.78. The van der Waals surface area contributed by atoms with E-state index in [-0.39, 0.29) is 13.2 Å². The lowest BCUT2D eigenvalue weighted by atomic mass is 10.1. The van der Waals surface area contributed by atoms with Crippen molar-refractivity contribution in [2.75, 3.05) is 6.61 Å². The first-order chi connectivity index (χ1) is 11.7. The maximum Gasteiger partial charge on any atom is 0.421 e. The Balaban J connectivity index is 1.90. The lowest BCUT2D eigenvalue weighted by Crippen LogP contribution is -2.43. The smallest absolute Gasteiger partial charge is 0.421 e. The zero-order valence-corrected chi connectivity index (χ0v) is 13.4. The maximum absolute atomic E-state index is 12.1. The van der Waals surface area contributed by atoms with Crippen LogP contribution in [0.15, 0.2) is 60.7 Å². The Hall–Kier alpha value is -2.86. The summed E-state index contributed by atoms with van der Waals surface area (Å²) in [6.07, 6.45) is -0.677. The molecule has 0 saturated carbocycles. The summed E-state index contributed by atoms with van der Waals surface area (Å²) in [6.45, 7) is 2.12. The first-order valence-corrected chi connectivity index (χ1v) is 7.64. The molecule has 0 aromatic heterocycles. The van der Waals surface area contributed by atoms with E-state index < -0.39 is 18.1 Å². The van der Waals surface area contributed by atoms with Gasteiger partial charge in [-0.15, -0.1) is 0 Å². The van der Waals surface area contributed by atoms with Crippen LogP contribution >= 0.6 is 0 Å². The first kappa shape index (κ1) is 17.5. The average Bonchev–Trinajstić information content (AvgIpc) is 2.62. The number of hydrogen-bond donors (Lipinski definition) is 2. The minimum absolute atomic E-state index is 0.143. The maximum atomic E-state index is 12.1. The molecule has 0 spiro atoms. The summed E-state index contributed by atoms with van der Waals surface area (Å²) in [4.78, 5) is 23.8. The Labute approximate surface area is 140 Å². The van der Waals surface area contributed by atoms with Gasteiger partial charge in [0.2, 0.25) is 0 Å². The molecule has 1 amide bonds. The topological polar surface area (TPSA) is 76.7 Å². The van der Waals surface area contributed by atoms with E-state index in [0.29, 0.717) is 5.56 Å². The largest absolute Gasteiger partial charge is 0.465 e. The highest BCUT2D eigenvalue weighted by Gasteiger charge is 2.22. The number of rotatable bonds is 7. The summed E-state index contributed by atoms with van der Waals surface area (Å²) >= 11 is 0. The van der Waals surface area contributed by atoms with Crippen LogP contribution in [0.4, 0.5) is 4.79 Å². The molecule has 2 rings (SSSR count). The molecule has 0 radical (unpaired) electrons. The van der Waals surface area contributed by atoms with Gasteiger partial charge < -0.3 is 9.47 Å². The number of benzene rings is 2. The molecule has 0 aliphatic rings. The molecular formula is C18H20N2O4. The molecule has 6 heteroatoms. The van der Waals surface area contributed by atoms with Gasteiger partial charge in [-0.2, -0.15) is 0 Å². The number of nitrogens with one attached hydrogen (secondary N) is 2. The van der Waals surface area contributed by atoms with Crippen LogP contribution in [0, 0.1) is 0 Å². The molecule has 0 saturated heterocycles. The third-order valence-electron chi connectivity index (χ3n) is 3.19. The van der Waals surface area contributed by atoms with Gasteiger partial charge in [0, 0.05) is 0 Å². The highest BCUT2D eigenvalue weighted by Crippen LogP contribution is 2.13. The Morgan fingerprint density at radius 1 is 0.958 bits per heavy atom. The van der Waals surface area contributed by atoms with Crippen LogP contribution in [0.1, 0.15) is 24.1 Å². The average molecular weight is 328 g/mol. The van der Waals surface area contributed by atoms with E-state index in [0.717, 1.165) is 5.56 Å². The summed E-state index contributed by atoms with van der Waals surface area (Å²) in [6, 6.07) is 17.5. The molecular weight excluding hydrogens is 308 g/mol. The SMILES string of the molecule is CCOC(=O)[C@@H](NNC(=O)OCc1ccccc1)c1ccccc1. The molecule has 126 valence electrons. The minimum Gasteiger partial charge on any atom is -0.465 e. The zero-order valence-electron chi connectivity index (χ0n) is 13.4. The number of amides is 1. The van der Waals surface area contributed by atoms with Crippen molar-refractivity contribution in [2.24, 2.45) is 0 Å². The monoisotopic (exact) mass is 328 g/mol. The molecule has 1 atom stereocenters. The van der Waals surface area contributed by atoms with Gasteiger partial charge in [-0.1, -0.05) is 60.7 Å².